The van der Waals surface area contributed by atoms with Gasteiger partial charge in [0.25, 0.3) is 0 Å². The molecule has 132 valence electrons. The van der Waals surface area contributed by atoms with Gasteiger partial charge in [-0.15, -0.1) is 0 Å². The van der Waals surface area contributed by atoms with Gasteiger partial charge >= 0.3 is 0 Å². The van der Waals surface area contributed by atoms with Crippen LogP contribution in [0.15, 0.2) is 47.3 Å². The number of nitriles is 1. The molecule has 6 nitrogen and oxygen atoms in total. The van der Waals surface area contributed by atoms with Crippen LogP contribution >= 0.6 is 0 Å². The van der Waals surface area contributed by atoms with Crippen LogP contribution in [0, 0.1) is 17.2 Å². The van der Waals surface area contributed by atoms with Crippen molar-refractivity contribution >= 4 is 16.6 Å². The number of fused-ring (bicyclic) bond motifs is 1. The first-order chi connectivity index (χ1) is 12.7. The van der Waals surface area contributed by atoms with E-state index >= 15 is 0 Å². The molecule has 1 fully saturated rings. The van der Waals surface area contributed by atoms with Gasteiger partial charge in [-0.3, -0.25) is 4.98 Å². The van der Waals surface area contributed by atoms with E-state index in [0.29, 0.717) is 30.0 Å². The lowest BCUT2D eigenvalue weighted by Crippen LogP contribution is -2.48. The van der Waals surface area contributed by atoms with E-state index in [1.54, 1.807) is 18.7 Å². The molecule has 2 unspecified atom stereocenters. The van der Waals surface area contributed by atoms with Crippen LogP contribution in [-0.2, 0) is 6.54 Å². The van der Waals surface area contributed by atoms with Gasteiger partial charge in [0.2, 0.25) is 5.89 Å². The van der Waals surface area contributed by atoms with Gasteiger partial charge in [-0.1, -0.05) is 6.92 Å². The van der Waals surface area contributed by atoms with Crippen LogP contribution in [0.3, 0.4) is 0 Å². The zero-order valence-corrected chi connectivity index (χ0v) is 14.7. The van der Waals surface area contributed by atoms with Crippen LogP contribution in [0.4, 0.5) is 5.69 Å². The number of rotatable bonds is 4. The summed E-state index contributed by atoms with van der Waals surface area (Å²) in [7, 11) is 0. The van der Waals surface area contributed by atoms with Crippen LogP contribution in [-0.4, -0.2) is 29.1 Å². The Bertz CT molecular complexity index is 931. The van der Waals surface area contributed by atoms with E-state index < -0.39 is 0 Å². The smallest absolute Gasteiger partial charge is 0.207 e. The third-order valence-corrected chi connectivity index (χ3v) is 4.89. The van der Waals surface area contributed by atoms with E-state index in [9.17, 15) is 5.26 Å². The Morgan fingerprint density at radius 1 is 1.27 bits per heavy atom. The first-order valence-corrected chi connectivity index (χ1v) is 8.89. The molecule has 0 amide bonds. The molecule has 1 aromatic carbocycles. The Hall–Kier alpha value is -2.91. The highest BCUT2D eigenvalue weighted by atomic mass is 16.3. The standard InChI is InChI=1S/C20H21N5O/c1-14-9-16(24-11-19-22-7-8-26-19)13-25(12-14)18-5-4-15(10-21)20-17(18)3-2-6-23-20/h2-8,14,16,24H,9,11-13H2,1H3. The molecule has 1 aliphatic rings. The molecule has 0 aliphatic carbocycles. The van der Waals surface area contributed by atoms with E-state index in [2.05, 4.69) is 33.2 Å². The fourth-order valence-corrected chi connectivity index (χ4v) is 3.79. The zero-order valence-electron chi connectivity index (χ0n) is 14.7. The predicted molar refractivity (Wildman–Crippen MR) is 99.6 cm³/mol. The highest BCUT2D eigenvalue weighted by Gasteiger charge is 2.26. The lowest BCUT2D eigenvalue weighted by Gasteiger charge is -2.38. The molecule has 1 saturated heterocycles. The Labute approximate surface area is 152 Å². The molecular weight excluding hydrogens is 326 g/mol. The summed E-state index contributed by atoms with van der Waals surface area (Å²) >= 11 is 0. The summed E-state index contributed by atoms with van der Waals surface area (Å²) in [6.45, 7) is 4.80. The quantitative estimate of drug-likeness (QED) is 0.781. The fourth-order valence-electron chi connectivity index (χ4n) is 3.79. The van der Waals surface area contributed by atoms with Gasteiger partial charge < -0.3 is 14.6 Å². The molecule has 0 saturated carbocycles. The number of hydrogen-bond acceptors (Lipinski definition) is 6. The normalized spacial score (nSPS) is 20.2. The number of anilines is 1. The van der Waals surface area contributed by atoms with Gasteiger partial charge in [0.15, 0.2) is 0 Å². The average molecular weight is 347 g/mol. The van der Waals surface area contributed by atoms with E-state index in [1.807, 2.05) is 24.3 Å². The molecule has 0 spiro atoms. The van der Waals surface area contributed by atoms with E-state index in [1.165, 1.54) is 0 Å². The molecule has 1 aliphatic heterocycles. The molecule has 2 aromatic heterocycles. The molecule has 6 heteroatoms. The number of piperidine rings is 1. The summed E-state index contributed by atoms with van der Waals surface area (Å²) in [5, 5.41) is 13.9. The molecule has 0 radical (unpaired) electrons. The first-order valence-electron chi connectivity index (χ1n) is 8.89. The number of oxazole rings is 1. The summed E-state index contributed by atoms with van der Waals surface area (Å²) < 4.78 is 5.32. The average Bonchev–Trinajstić information content (AvgIpc) is 3.18. The second kappa shape index (κ2) is 7.14. The third kappa shape index (κ3) is 3.26. The summed E-state index contributed by atoms with van der Waals surface area (Å²) in [6.07, 6.45) is 6.13. The maximum absolute atomic E-state index is 9.35. The molecule has 4 rings (SSSR count). The highest BCUT2D eigenvalue weighted by molar-refractivity contribution is 5.95. The van der Waals surface area contributed by atoms with Crippen molar-refractivity contribution in [2.45, 2.75) is 25.9 Å². The van der Waals surface area contributed by atoms with E-state index in [4.69, 9.17) is 4.42 Å². The molecule has 2 atom stereocenters. The number of benzene rings is 1. The minimum atomic E-state index is 0.355. The number of nitrogens with one attached hydrogen (secondary N) is 1. The van der Waals surface area contributed by atoms with Crippen molar-refractivity contribution in [2.75, 3.05) is 18.0 Å². The van der Waals surface area contributed by atoms with Gasteiger partial charge in [0.1, 0.15) is 12.3 Å². The first kappa shape index (κ1) is 16.6. The van der Waals surface area contributed by atoms with Gasteiger partial charge in [-0.2, -0.15) is 5.26 Å². The number of hydrogen-bond donors (Lipinski definition) is 1. The topological polar surface area (TPSA) is 78.0 Å². The van der Waals surface area contributed by atoms with Crippen LogP contribution in [0.1, 0.15) is 24.8 Å². The molecule has 3 heterocycles. The highest BCUT2D eigenvalue weighted by Crippen LogP contribution is 2.31. The summed E-state index contributed by atoms with van der Waals surface area (Å²) in [4.78, 5) is 11.0. The summed E-state index contributed by atoms with van der Waals surface area (Å²) in [6, 6.07) is 10.5. The summed E-state index contributed by atoms with van der Waals surface area (Å²) in [5.41, 5.74) is 2.53. The van der Waals surface area contributed by atoms with E-state index in [0.717, 1.165) is 36.1 Å². The van der Waals surface area contributed by atoms with Crippen molar-refractivity contribution in [1.29, 1.82) is 5.26 Å². The van der Waals surface area contributed by atoms with Gasteiger partial charge in [0.05, 0.1) is 23.8 Å². The van der Waals surface area contributed by atoms with Crippen molar-refractivity contribution in [1.82, 2.24) is 15.3 Å². The molecule has 3 aromatic rings. The molecule has 26 heavy (non-hydrogen) atoms. The SMILES string of the molecule is CC1CC(NCc2ncco2)CN(c2ccc(C#N)c3ncccc23)C1. The van der Waals surface area contributed by atoms with Gasteiger partial charge in [0, 0.05) is 36.4 Å². The van der Waals surface area contributed by atoms with Crippen molar-refractivity contribution < 1.29 is 4.42 Å². The van der Waals surface area contributed by atoms with Crippen LogP contribution in [0.5, 0.6) is 0 Å². The third-order valence-electron chi connectivity index (χ3n) is 4.89. The second-order valence-corrected chi connectivity index (χ2v) is 6.89. The minimum Gasteiger partial charge on any atom is -0.448 e. The van der Waals surface area contributed by atoms with Crippen molar-refractivity contribution in [3.8, 4) is 6.07 Å². The number of aromatic nitrogens is 2. The van der Waals surface area contributed by atoms with Crippen LogP contribution in [0.25, 0.3) is 10.9 Å². The maximum Gasteiger partial charge on any atom is 0.207 e. The molecule has 0 bridgehead atoms. The molecule has 1 N–H and O–H groups in total. The van der Waals surface area contributed by atoms with Gasteiger partial charge in [-0.05, 0) is 36.6 Å². The molecular formula is C20H21N5O. The van der Waals surface area contributed by atoms with Crippen LogP contribution in [0.2, 0.25) is 0 Å². The Balaban J connectivity index is 1.59. The van der Waals surface area contributed by atoms with Crippen molar-refractivity contribution in [2.24, 2.45) is 5.92 Å². The number of nitrogens with zero attached hydrogens (tertiary/aromatic N) is 4. The Morgan fingerprint density at radius 3 is 3.00 bits per heavy atom. The van der Waals surface area contributed by atoms with Crippen molar-refractivity contribution in [3.05, 3.63) is 54.4 Å². The maximum atomic E-state index is 9.35. The Kier molecular flexibility index (Phi) is 4.55. The summed E-state index contributed by atoms with van der Waals surface area (Å²) in [5.74, 6) is 1.27. The van der Waals surface area contributed by atoms with E-state index in [-0.39, 0.29) is 0 Å². The minimum absolute atomic E-state index is 0.355. The fraction of sp³-hybridized carbons (Fsp3) is 0.350. The lowest BCUT2D eigenvalue weighted by atomic mass is 9.94. The second-order valence-electron chi connectivity index (χ2n) is 6.89. The zero-order chi connectivity index (χ0) is 17.9. The predicted octanol–water partition coefficient (Wildman–Crippen LogP) is 3.10. The van der Waals surface area contributed by atoms with Crippen LogP contribution < -0.4 is 10.2 Å². The Morgan fingerprint density at radius 2 is 2.19 bits per heavy atom. The largest absolute Gasteiger partial charge is 0.448 e. The van der Waals surface area contributed by atoms with Crippen molar-refractivity contribution in [3.63, 3.8) is 0 Å². The number of pyridine rings is 1. The van der Waals surface area contributed by atoms with Gasteiger partial charge in [-0.25, -0.2) is 4.98 Å². The lowest BCUT2D eigenvalue weighted by molar-refractivity contribution is 0.336. The monoisotopic (exact) mass is 347 g/mol.